The van der Waals surface area contributed by atoms with Gasteiger partial charge in [0, 0.05) is 25.8 Å². The molecule has 0 heterocycles. The minimum Gasteiger partial charge on any atom is -0.484 e. The van der Waals surface area contributed by atoms with Crippen LogP contribution in [0.5, 0.6) is 5.75 Å². The standard InChI is InChI=1S/C14H20N2O4/c1-10(19-2)9-20-14-6-3-11(7-13(14)16(17)18)8-15-12-4-5-12/h3,6-7,10,12,15H,4-5,8-9H2,1-2H3. The van der Waals surface area contributed by atoms with Crippen molar-refractivity contribution in [3.05, 3.63) is 33.9 Å². The van der Waals surface area contributed by atoms with E-state index in [4.69, 9.17) is 9.47 Å². The van der Waals surface area contributed by atoms with E-state index in [0.29, 0.717) is 12.6 Å². The normalized spacial score (nSPS) is 15.9. The van der Waals surface area contributed by atoms with Crippen LogP contribution in [0, 0.1) is 10.1 Å². The minimum absolute atomic E-state index is 0.00315. The van der Waals surface area contributed by atoms with Crippen molar-refractivity contribution in [1.29, 1.82) is 0 Å². The summed E-state index contributed by atoms with van der Waals surface area (Å²) < 4.78 is 10.5. The Kier molecular flexibility index (Phi) is 4.92. The summed E-state index contributed by atoms with van der Waals surface area (Å²) in [6.07, 6.45) is 2.28. The topological polar surface area (TPSA) is 73.6 Å². The van der Waals surface area contributed by atoms with Crippen LogP contribution in [0.2, 0.25) is 0 Å². The van der Waals surface area contributed by atoms with Gasteiger partial charge in [-0.3, -0.25) is 10.1 Å². The maximum Gasteiger partial charge on any atom is 0.311 e. The van der Waals surface area contributed by atoms with Gasteiger partial charge in [0.15, 0.2) is 5.75 Å². The lowest BCUT2D eigenvalue weighted by molar-refractivity contribution is -0.386. The van der Waals surface area contributed by atoms with Crippen molar-refractivity contribution >= 4 is 5.69 Å². The molecule has 110 valence electrons. The fourth-order valence-corrected chi connectivity index (χ4v) is 1.76. The van der Waals surface area contributed by atoms with Crippen molar-refractivity contribution in [3.63, 3.8) is 0 Å². The molecule has 0 aromatic heterocycles. The number of nitrogens with zero attached hydrogens (tertiary/aromatic N) is 1. The second-order valence-electron chi connectivity index (χ2n) is 5.07. The zero-order chi connectivity index (χ0) is 14.5. The molecule has 1 atom stereocenters. The third kappa shape index (κ3) is 4.18. The van der Waals surface area contributed by atoms with E-state index in [9.17, 15) is 10.1 Å². The van der Waals surface area contributed by atoms with Crippen LogP contribution in [0.1, 0.15) is 25.3 Å². The van der Waals surface area contributed by atoms with Crippen LogP contribution in [0.3, 0.4) is 0 Å². The van der Waals surface area contributed by atoms with E-state index in [1.165, 1.54) is 12.8 Å². The maximum absolute atomic E-state index is 11.1. The van der Waals surface area contributed by atoms with Gasteiger partial charge < -0.3 is 14.8 Å². The Morgan fingerprint density at radius 1 is 1.50 bits per heavy atom. The maximum atomic E-state index is 11.1. The lowest BCUT2D eigenvalue weighted by atomic mass is 10.2. The first-order valence-corrected chi connectivity index (χ1v) is 6.76. The van der Waals surface area contributed by atoms with Crippen LogP contribution in [-0.4, -0.2) is 30.8 Å². The Hall–Kier alpha value is -1.66. The van der Waals surface area contributed by atoms with Crippen LogP contribution in [0.4, 0.5) is 5.69 Å². The molecule has 1 aliphatic rings. The van der Waals surface area contributed by atoms with E-state index < -0.39 is 4.92 Å². The fourth-order valence-electron chi connectivity index (χ4n) is 1.76. The monoisotopic (exact) mass is 280 g/mol. The lowest BCUT2D eigenvalue weighted by Gasteiger charge is -2.12. The smallest absolute Gasteiger partial charge is 0.311 e. The molecule has 0 bridgehead atoms. The highest BCUT2D eigenvalue weighted by molar-refractivity contribution is 5.48. The fraction of sp³-hybridized carbons (Fsp3) is 0.571. The van der Waals surface area contributed by atoms with Crippen LogP contribution in [0.15, 0.2) is 18.2 Å². The first-order chi connectivity index (χ1) is 9.60. The third-order valence-electron chi connectivity index (χ3n) is 3.27. The molecule has 1 fully saturated rings. The molecule has 1 aliphatic carbocycles. The molecule has 1 aromatic rings. The molecule has 6 heteroatoms. The molecule has 20 heavy (non-hydrogen) atoms. The Morgan fingerprint density at radius 2 is 2.25 bits per heavy atom. The van der Waals surface area contributed by atoms with E-state index in [2.05, 4.69) is 5.32 Å². The summed E-state index contributed by atoms with van der Waals surface area (Å²) in [5, 5.41) is 14.4. The third-order valence-corrected chi connectivity index (χ3v) is 3.27. The highest BCUT2D eigenvalue weighted by Crippen LogP contribution is 2.28. The average molecular weight is 280 g/mol. The van der Waals surface area contributed by atoms with E-state index in [-0.39, 0.29) is 24.1 Å². The average Bonchev–Trinajstić information content (AvgIpc) is 3.26. The van der Waals surface area contributed by atoms with Crippen LogP contribution in [-0.2, 0) is 11.3 Å². The largest absolute Gasteiger partial charge is 0.484 e. The van der Waals surface area contributed by atoms with Crippen molar-refractivity contribution in [2.45, 2.75) is 38.5 Å². The first-order valence-electron chi connectivity index (χ1n) is 6.76. The van der Waals surface area contributed by atoms with Crippen LogP contribution < -0.4 is 10.1 Å². The van der Waals surface area contributed by atoms with E-state index in [1.54, 1.807) is 19.2 Å². The molecule has 1 unspecified atom stereocenters. The summed E-state index contributed by atoms with van der Waals surface area (Å²) >= 11 is 0. The molecule has 0 saturated heterocycles. The van der Waals surface area contributed by atoms with Gasteiger partial charge in [0.2, 0.25) is 0 Å². The number of benzene rings is 1. The second kappa shape index (κ2) is 6.67. The molecule has 1 saturated carbocycles. The quantitative estimate of drug-likeness (QED) is 0.584. The summed E-state index contributed by atoms with van der Waals surface area (Å²) in [4.78, 5) is 10.7. The molecule has 0 spiro atoms. The van der Waals surface area contributed by atoms with Gasteiger partial charge in [-0.15, -0.1) is 0 Å². The number of nitrogens with one attached hydrogen (secondary N) is 1. The minimum atomic E-state index is -0.409. The van der Waals surface area contributed by atoms with Crippen molar-refractivity contribution in [3.8, 4) is 5.75 Å². The predicted octanol–water partition coefficient (Wildman–Crippen LogP) is 2.26. The second-order valence-corrected chi connectivity index (χ2v) is 5.07. The van der Waals surface area contributed by atoms with Crippen molar-refractivity contribution < 1.29 is 14.4 Å². The zero-order valence-corrected chi connectivity index (χ0v) is 11.8. The number of ether oxygens (including phenoxy) is 2. The predicted molar refractivity (Wildman–Crippen MR) is 74.9 cm³/mol. The summed E-state index contributed by atoms with van der Waals surface area (Å²) in [6.45, 7) is 2.79. The van der Waals surface area contributed by atoms with Gasteiger partial charge in [0.05, 0.1) is 11.0 Å². The number of rotatable bonds is 8. The van der Waals surface area contributed by atoms with E-state index in [0.717, 1.165) is 5.56 Å². The zero-order valence-electron chi connectivity index (χ0n) is 11.8. The molecule has 2 rings (SSSR count). The van der Waals surface area contributed by atoms with Crippen LogP contribution in [0.25, 0.3) is 0 Å². The SMILES string of the molecule is COC(C)COc1ccc(CNC2CC2)cc1[N+](=O)[O-]. The molecular weight excluding hydrogens is 260 g/mol. The van der Waals surface area contributed by atoms with Crippen molar-refractivity contribution in [2.75, 3.05) is 13.7 Å². The Balaban J connectivity index is 2.03. The highest BCUT2D eigenvalue weighted by atomic mass is 16.6. The van der Waals surface area contributed by atoms with E-state index in [1.807, 2.05) is 13.0 Å². The summed E-state index contributed by atoms with van der Waals surface area (Å²) in [5.74, 6) is 0.286. The number of hydrogen-bond donors (Lipinski definition) is 1. The van der Waals surface area contributed by atoms with Gasteiger partial charge >= 0.3 is 5.69 Å². The number of nitro benzene ring substituents is 1. The van der Waals surface area contributed by atoms with Gasteiger partial charge in [0.1, 0.15) is 6.61 Å². The molecule has 0 amide bonds. The first kappa shape index (κ1) is 14.7. The molecule has 1 aromatic carbocycles. The Labute approximate surface area is 118 Å². The molecular formula is C14H20N2O4. The lowest BCUT2D eigenvalue weighted by Crippen LogP contribution is -2.17. The van der Waals surface area contributed by atoms with E-state index >= 15 is 0 Å². The molecule has 0 radical (unpaired) electrons. The van der Waals surface area contributed by atoms with Gasteiger partial charge in [0.25, 0.3) is 0 Å². The van der Waals surface area contributed by atoms with Crippen molar-refractivity contribution in [2.24, 2.45) is 0 Å². The molecule has 1 N–H and O–H groups in total. The number of nitro groups is 1. The van der Waals surface area contributed by atoms with Gasteiger partial charge in [-0.1, -0.05) is 6.07 Å². The van der Waals surface area contributed by atoms with Gasteiger partial charge in [-0.05, 0) is 31.4 Å². The van der Waals surface area contributed by atoms with Gasteiger partial charge in [-0.25, -0.2) is 0 Å². The molecule has 0 aliphatic heterocycles. The number of methoxy groups -OCH3 is 1. The summed E-state index contributed by atoms with van der Waals surface area (Å²) in [6, 6.07) is 5.66. The summed E-state index contributed by atoms with van der Waals surface area (Å²) in [7, 11) is 1.58. The molecule has 6 nitrogen and oxygen atoms in total. The summed E-state index contributed by atoms with van der Waals surface area (Å²) in [5.41, 5.74) is 0.902. The number of hydrogen-bond acceptors (Lipinski definition) is 5. The Bertz CT molecular complexity index is 474. The Morgan fingerprint density at radius 3 is 2.85 bits per heavy atom. The van der Waals surface area contributed by atoms with Gasteiger partial charge in [-0.2, -0.15) is 0 Å². The van der Waals surface area contributed by atoms with Crippen LogP contribution >= 0.6 is 0 Å². The van der Waals surface area contributed by atoms with Crippen molar-refractivity contribution in [1.82, 2.24) is 5.32 Å². The highest BCUT2D eigenvalue weighted by Gasteiger charge is 2.21.